The summed E-state index contributed by atoms with van der Waals surface area (Å²) in [7, 11) is 0. The van der Waals surface area contributed by atoms with E-state index in [4.69, 9.17) is 20.0 Å². The number of nitrogens with one attached hydrogen (secondary N) is 2. The summed E-state index contributed by atoms with van der Waals surface area (Å²) in [4.78, 5) is 23.8. The third kappa shape index (κ3) is 9.25. The van der Waals surface area contributed by atoms with Gasteiger partial charge in [0.1, 0.15) is 13.2 Å². The van der Waals surface area contributed by atoms with E-state index in [0.717, 1.165) is 19.3 Å². The Morgan fingerprint density at radius 2 is 1.78 bits per heavy atom. The maximum atomic E-state index is 12.1. The van der Waals surface area contributed by atoms with Crippen LogP contribution in [0.4, 0.5) is 4.79 Å². The first-order valence-electron chi connectivity index (χ1n) is 9.21. The van der Waals surface area contributed by atoms with Crippen LogP contribution in [0.3, 0.4) is 0 Å². The molecule has 27 heavy (non-hydrogen) atoms. The third-order valence-electron chi connectivity index (χ3n) is 4.51. The molecule has 0 aromatic carbocycles. The van der Waals surface area contributed by atoms with Crippen molar-refractivity contribution in [2.24, 2.45) is 10.8 Å². The van der Waals surface area contributed by atoms with Gasteiger partial charge in [0.2, 0.25) is 5.91 Å². The Bertz CT molecular complexity index is 593. The third-order valence-corrected chi connectivity index (χ3v) is 4.51. The Hall–Kier alpha value is -2.32. The summed E-state index contributed by atoms with van der Waals surface area (Å²) in [5.41, 5.74) is -0.172. The summed E-state index contributed by atoms with van der Waals surface area (Å²) < 4.78 is 10.1. The second kappa shape index (κ2) is 10.7. The molecular formula is C19H30N4O4. The van der Waals surface area contributed by atoms with Crippen molar-refractivity contribution in [1.29, 1.82) is 10.5 Å². The van der Waals surface area contributed by atoms with Crippen LogP contribution in [0.2, 0.25) is 0 Å². The van der Waals surface area contributed by atoms with E-state index >= 15 is 0 Å². The summed E-state index contributed by atoms with van der Waals surface area (Å²) in [5, 5.41) is 22.7. The summed E-state index contributed by atoms with van der Waals surface area (Å²) in [6, 6.07) is 3.88. The molecule has 0 aromatic heterocycles. The van der Waals surface area contributed by atoms with Gasteiger partial charge >= 0.3 is 6.09 Å². The molecule has 0 aliphatic heterocycles. The molecule has 0 heterocycles. The number of carbonyl (C=O) groups is 2. The highest BCUT2D eigenvalue weighted by atomic mass is 16.5. The van der Waals surface area contributed by atoms with Crippen LogP contribution in [0.5, 0.6) is 0 Å². The fourth-order valence-electron chi connectivity index (χ4n) is 3.95. The average Bonchev–Trinajstić information content (AvgIpc) is 2.55. The number of amides is 2. The minimum atomic E-state index is -0.527. The number of nitrogens with zero attached hydrogens (tertiary/aromatic N) is 2. The van der Waals surface area contributed by atoms with Crippen LogP contribution in [0.15, 0.2) is 0 Å². The molecule has 0 aromatic rings. The molecule has 2 amide bonds. The zero-order valence-corrected chi connectivity index (χ0v) is 16.5. The first kappa shape index (κ1) is 22.7. The number of ether oxygens (including phenoxy) is 2. The van der Waals surface area contributed by atoms with Crippen molar-refractivity contribution in [3.8, 4) is 12.1 Å². The Morgan fingerprint density at radius 1 is 1.11 bits per heavy atom. The maximum Gasteiger partial charge on any atom is 0.407 e. The normalized spacial score (nSPS) is 23.5. The molecule has 1 fully saturated rings. The molecule has 8 nitrogen and oxygen atoms in total. The van der Waals surface area contributed by atoms with E-state index in [1.54, 1.807) is 0 Å². The number of hydrogen-bond acceptors (Lipinski definition) is 6. The van der Waals surface area contributed by atoms with Gasteiger partial charge in [-0.05, 0) is 30.1 Å². The zero-order chi connectivity index (χ0) is 20.3. The second-order valence-electron chi connectivity index (χ2n) is 8.18. The van der Waals surface area contributed by atoms with Gasteiger partial charge in [-0.25, -0.2) is 4.79 Å². The summed E-state index contributed by atoms with van der Waals surface area (Å²) in [5.74, 6) is -0.193. The highest BCUT2D eigenvalue weighted by molar-refractivity contribution is 5.77. The van der Waals surface area contributed by atoms with Gasteiger partial charge in [0, 0.05) is 12.6 Å². The van der Waals surface area contributed by atoms with Gasteiger partial charge in [0.15, 0.2) is 0 Å². The molecule has 0 radical (unpaired) electrons. The van der Waals surface area contributed by atoms with E-state index in [1.165, 1.54) is 0 Å². The standard InChI is InChI=1S/C19H30N4O4/c1-18(2)10-15(23-16(24)12-26-8-4-6-20)11-19(3,13-18)14-22-17(25)27-9-5-7-21/h15H,4-5,8-14H2,1-3H3,(H,22,25)(H,23,24). The van der Waals surface area contributed by atoms with Crippen molar-refractivity contribution in [3.05, 3.63) is 0 Å². The molecule has 0 bridgehead atoms. The van der Waals surface area contributed by atoms with E-state index in [2.05, 4.69) is 31.4 Å². The fourth-order valence-corrected chi connectivity index (χ4v) is 3.95. The lowest BCUT2D eigenvalue weighted by atomic mass is 9.62. The van der Waals surface area contributed by atoms with Crippen LogP contribution < -0.4 is 10.6 Å². The second-order valence-corrected chi connectivity index (χ2v) is 8.18. The number of alkyl carbamates (subject to hydrolysis) is 1. The zero-order valence-electron chi connectivity index (χ0n) is 16.5. The molecule has 2 unspecified atom stereocenters. The van der Waals surface area contributed by atoms with E-state index in [0.29, 0.717) is 6.54 Å². The molecule has 2 atom stereocenters. The van der Waals surface area contributed by atoms with E-state index < -0.39 is 6.09 Å². The Balaban J connectivity index is 2.53. The number of hydrogen-bond donors (Lipinski definition) is 2. The van der Waals surface area contributed by atoms with Crippen LogP contribution >= 0.6 is 0 Å². The highest BCUT2D eigenvalue weighted by Crippen LogP contribution is 2.45. The predicted molar refractivity (Wildman–Crippen MR) is 98.3 cm³/mol. The molecule has 1 aliphatic rings. The monoisotopic (exact) mass is 378 g/mol. The van der Waals surface area contributed by atoms with Gasteiger partial charge in [0.05, 0.1) is 31.6 Å². The Kier molecular flexibility index (Phi) is 9.04. The van der Waals surface area contributed by atoms with Crippen molar-refractivity contribution in [2.75, 3.05) is 26.4 Å². The lowest BCUT2D eigenvalue weighted by Crippen LogP contribution is -2.51. The average molecular weight is 378 g/mol. The van der Waals surface area contributed by atoms with Gasteiger partial charge in [-0.3, -0.25) is 4.79 Å². The van der Waals surface area contributed by atoms with Gasteiger partial charge < -0.3 is 20.1 Å². The molecule has 1 aliphatic carbocycles. The molecule has 1 rings (SSSR count). The number of rotatable bonds is 9. The summed E-state index contributed by atoms with van der Waals surface area (Å²) >= 11 is 0. The van der Waals surface area contributed by atoms with E-state index in [1.807, 2.05) is 12.1 Å². The smallest absolute Gasteiger partial charge is 0.407 e. The van der Waals surface area contributed by atoms with Gasteiger partial charge in [0.25, 0.3) is 0 Å². The molecular weight excluding hydrogens is 348 g/mol. The van der Waals surface area contributed by atoms with Crippen LogP contribution in [-0.4, -0.2) is 44.4 Å². The molecule has 2 N–H and O–H groups in total. The van der Waals surface area contributed by atoms with Crippen molar-refractivity contribution in [3.63, 3.8) is 0 Å². The highest BCUT2D eigenvalue weighted by Gasteiger charge is 2.41. The van der Waals surface area contributed by atoms with Crippen LogP contribution in [-0.2, 0) is 14.3 Å². The van der Waals surface area contributed by atoms with Gasteiger partial charge in [-0.15, -0.1) is 0 Å². The molecule has 0 spiro atoms. The minimum Gasteiger partial charge on any atom is -0.448 e. The van der Waals surface area contributed by atoms with Crippen molar-refractivity contribution >= 4 is 12.0 Å². The predicted octanol–water partition coefficient (Wildman–Crippen LogP) is 2.26. The first-order chi connectivity index (χ1) is 12.7. The van der Waals surface area contributed by atoms with Crippen molar-refractivity contribution in [2.45, 2.75) is 58.9 Å². The molecule has 0 saturated heterocycles. The van der Waals surface area contributed by atoms with Crippen molar-refractivity contribution < 1.29 is 19.1 Å². The minimum absolute atomic E-state index is 0.0118. The fraction of sp³-hybridized carbons (Fsp3) is 0.789. The lowest BCUT2D eigenvalue weighted by Gasteiger charge is -2.46. The summed E-state index contributed by atoms with van der Waals surface area (Å²) in [6.07, 6.45) is 2.39. The lowest BCUT2D eigenvalue weighted by molar-refractivity contribution is -0.127. The number of carbonyl (C=O) groups excluding carboxylic acids is 2. The molecule has 1 saturated carbocycles. The molecule has 8 heteroatoms. The molecule has 150 valence electrons. The quantitative estimate of drug-likeness (QED) is 0.593. The van der Waals surface area contributed by atoms with Gasteiger partial charge in [-0.1, -0.05) is 20.8 Å². The van der Waals surface area contributed by atoms with Crippen LogP contribution in [0.25, 0.3) is 0 Å². The largest absolute Gasteiger partial charge is 0.448 e. The topological polar surface area (TPSA) is 124 Å². The van der Waals surface area contributed by atoms with Gasteiger partial charge in [-0.2, -0.15) is 10.5 Å². The summed E-state index contributed by atoms with van der Waals surface area (Å²) in [6.45, 7) is 7.10. The van der Waals surface area contributed by atoms with Crippen LogP contribution in [0, 0.1) is 33.5 Å². The Morgan fingerprint density at radius 3 is 2.44 bits per heavy atom. The van der Waals surface area contributed by atoms with E-state index in [9.17, 15) is 9.59 Å². The SMILES string of the molecule is CC1(C)CC(NC(=O)COCCC#N)CC(C)(CNC(=O)OCCC#N)C1. The first-order valence-corrected chi connectivity index (χ1v) is 9.21. The Labute approximate surface area is 161 Å². The van der Waals surface area contributed by atoms with Crippen LogP contribution in [0.1, 0.15) is 52.9 Å². The van der Waals surface area contributed by atoms with Crippen molar-refractivity contribution in [1.82, 2.24) is 10.6 Å². The van der Waals surface area contributed by atoms with E-state index in [-0.39, 0.29) is 55.4 Å². The maximum absolute atomic E-state index is 12.1. The number of nitriles is 2.